The number of rotatable bonds is 0. The van der Waals surface area contributed by atoms with E-state index >= 15 is 0 Å². The summed E-state index contributed by atoms with van der Waals surface area (Å²) in [6.07, 6.45) is -1.99. The molecule has 8 heteroatoms. The van der Waals surface area contributed by atoms with Crippen molar-refractivity contribution in [3.63, 3.8) is 0 Å². The summed E-state index contributed by atoms with van der Waals surface area (Å²) >= 11 is 0. The highest BCUT2D eigenvalue weighted by Crippen LogP contribution is 2.48. The van der Waals surface area contributed by atoms with Crippen LogP contribution < -0.4 is 5.73 Å². The van der Waals surface area contributed by atoms with Gasteiger partial charge in [0.2, 0.25) is 5.96 Å². The van der Waals surface area contributed by atoms with E-state index in [0.717, 1.165) is 0 Å². The van der Waals surface area contributed by atoms with Crippen molar-refractivity contribution in [1.29, 1.82) is 0 Å². The molecule has 2 bridgehead atoms. The van der Waals surface area contributed by atoms with E-state index < -0.39 is 29.8 Å². The molecule has 1 saturated carbocycles. The lowest BCUT2D eigenvalue weighted by atomic mass is 9.65. The SMILES string of the molecule is CC1CC2=CN=C(N)N(O)C23C(O)C(=O)OC1C3O. The van der Waals surface area contributed by atoms with Gasteiger partial charge in [0, 0.05) is 6.20 Å². The summed E-state index contributed by atoms with van der Waals surface area (Å²) in [6, 6.07) is 0. The number of hydrogen-bond acceptors (Lipinski definition) is 8. The van der Waals surface area contributed by atoms with Gasteiger partial charge in [-0.05, 0) is 17.9 Å². The molecule has 5 atom stereocenters. The standard InChI is InChI=1S/C11H15N3O5/c1-4-2-5-3-13-10(12)14(18)11(5)7(15)6(4)19-9(17)8(11)16/h3-4,6-8,15-16,18H,2H2,1H3,(H2,12,13). The zero-order chi connectivity index (χ0) is 13.9. The molecule has 3 aliphatic rings. The lowest BCUT2D eigenvalue weighted by molar-refractivity contribution is -0.255. The van der Waals surface area contributed by atoms with Crippen LogP contribution in [0.3, 0.4) is 0 Å². The van der Waals surface area contributed by atoms with E-state index in [4.69, 9.17) is 10.5 Å². The monoisotopic (exact) mass is 269 g/mol. The second-order valence-corrected chi connectivity index (χ2v) is 5.21. The Kier molecular flexibility index (Phi) is 2.40. The second kappa shape index (κ2) is 3.69. The second-order valence-electron chi connectivity index (χ2n) is 5.21. The van der Waals surface area contributed by atoms with E-state index in [1.165, 1.54) is 6.20 Å². The van der Waals surface area contributed by atoms with Crippen LogP contribution in [-0.2, 0) is 9.53 Å². The van der Waals surface area contributed by atoms with E-state index in [1.807, 2.05) is 6.92 Å². The van der Waals surface area contributed by atoms with E-state index in [9.17, 15) is 20.2 Å². The number of carbonyl (C=O) groups is 1. The van der Waals surface area contributed by atoms with Gasteiger partial charge in [0.1, 0.15) is 12.2 Å². The molecule has 2 heterocycles. The molecule has 2 fully saturated rings. The molecule has 19 heavy (non-hydrogen) atoms. The number of guanidine groups is 1. The molecular formula is C11H15N3O5. The maximum absolute atomic E-state index is 11.8. The van der Waals surface area contributed by atoms with Gasteiger partial charge in [-0.25, -0.2) is 14.9 Å². The highest BCUT2D eigenvalue weighted by molar-refractivity contribution is 5.85. The number of aliphatic hydroxyl groups is 2. The fraction of sp³-hybridized carbons (Fsp3) is 0.636. The van der Waals surface area contributed by atoms with Gasteiger partial charge in [-0.1, -0.05) is 6.92 Å². The van der Waals surface area contributed by atoms with Crippen LogP contribution in [0.4, 0.5) is 0 Å². The molecule has 2 aliphatic heterocycles. The van der Waals surface area contributed by atoms with Crippen molar-refractivity contribution in [2.75, 3.05) is 0 Å². The van der Waals surface area contributed by atoms with Crippen LogP contribution in [0.2, 0.25) is 0 Å². The molecule has 1 spiro atoms. The number of hydrogen-bond donors (Lipinski definition) is 4. The number of aliphatic hydroxyl groups excluding tert-OH is 2. The van der Waals surface area contributed by atoms with E-state index in [1.54, 1.807) is 0 Å². The molecule has 3 rings (SSSR count). The van der Waals surface area contributed by atoms with Crippen molar-refractivity contribution in [2.24, 2.45) is 16.6 Å². The van der Waals surface area contributed by atoms with Crippen molar-refractivity contribution in [3.05, 3.63) is 11.8 Å². The third-order valence-corrected chi connectivity index (χ3v) is 4.19. The summed E-state index contributed by atoms with van der Waals surface area (Å²) in [7, 11) is 0. The Bertz CT molecular complexity index is 499. The number of esters is 1. The lowest BCUT2D eigenvalue weighted by Crippen LogP contribution is -2.77. The molecule has 5 unspecified atom stereocenters. The topological polar surface area (TPSA) is 129 Å². The highest BCUT2D eigenvalue weighted by atomic mass is 16.6. The van der Waals surface area contributed by atoms with Gasteiger partial charge in [-0.2, -0.15) is 0 Å². The molecule has 8 nitrogen and oxygen atoms in total. The number of nitrogens with two attached hydrogens (primary N) is 1. The predicted octanol–water partition coefficient (Wildman–Crippen LogP) is -1.68. The Morgan fingerprint density at radius 1 is 1.58 bits per heavy atom. The third kappa shape index (κ3) is 1.28. The van der Waals surface area contributed by atoms with Gasteiger partial charge in [-0.3, -0.25) is 5.21 Å². The number of nitrogens with zero attached hydrogens (tertiary/aromatic N) is 2. The number of ether oxygens (including phenoxy) is 1. The van der Waals surface area contributed by atoms with Gasteiger partial charge in [0.15, 0.2) is 11.6 Å². The summed E-state index contributed by atoms with van der Waals surface area (Å²) in [5.41, 5.74) is 4.29. The van der Waals surface area contributed by atoms with E-state index in [0.29, 0.717) is 17.1 Å². The number of hydroxylamine groups is 2. The van der Waals surface area contributed by atoms with Crippen LogP contribution in [0, 0.1) is 5.92 Å². The van der Waals surface area contributed by atoms with Crippen molar-refractivity contribution < 1.29 is 25.0 Å². The Hall–Kier alpha value is -1.64. The molecule has 104 valence electrons. The summed E-state index contributed by atoms with van der Waals surface area (Å²) in [5.74, 6) is -1.32. The quantitative estimate of drug-likeness (QED) is 0.386. The van der Waals surface area contributed by atoms with Gasteiger partial charge in [0.25, 0.3) is 0 Å². The minimum absolute atomic E-state index is 0.145. The van der Waals surface area contributed by atoms with E-state index in [-0.39, 0.29) is 11.9 Å². The molecule has 1 aliphatic carbocycles. The van der Waals surface area contributed by atoms with Crippen LogP contribution in [0.25, 0.3) is 0 Å². The van der Waals surface area contributed by atoms with Crippen LogP contribution in [0.5, 0.6) is 0 Å². The summed E-state index contributed by atoms with van der Waals surface area (Å²) in [4.78, 5) is 15.6. The van der Waals surface area contributed by atoms with Crippen LogP contribution in [-0.4, -0.2) is 56.3 Å². The van der Waals surface area contributed by atoms with Gasteiger partial charge < -0.3 is 20.7 Å². The average Bonchev–Trinajstić information content (AvgIpc) is 2.37. The molecular weight excluding hydrogens is 254 g/mol. The minimum Gasteiger partial charge on any atom is -0.457 e. The maximum atomic E-state index is 11.8. The first kappa shape index (κ1) is 12.4. The zero-order valence-electron chi connectivity index (χ0n) is 10.2. The van der Waals surface area contributed by atoms with Crippen LogP contribution in [0.15, 0.2) is 16.8 Å². The molecule has 0 amide bonds. The summed E-state index contributed by atoms with van der Waals surface area (Å²) < 4.78 is 5.04. The van der Waals surface area contributed by atoms with Crippen LogP contribution >= 0.6 is 0 Å². The predicted molar refractivity (Wildman–Crippen MR) is 61.7 cm³/mol. The van der Waals surface area contributed by atoms with Gasteiger partial charge in [-0.15, -0.1) is 0 Å². The number of fused-ring (bicyclic) bond motifs is 1. The normalized spacial score (nSPS) is 45.1. The molecule has 0 aromatic heterocycles. The lowest BCUT2D eigenvalue weighted by Gasteiger charge is -2.56. The average molecular weight is 269 g/mol. The van der Waals surface area contributed by atoms with Crippen molar-refractivity contribution in [1.82, 2.24) is 5.06 Å². The smallest absolute Gasteiger partial charge is 0.338 e. The van der Waals surface area contributed by atoms with Gasteiger partial charge >= 0.3 is 5.97 Å². The Balaban J connectivity index is 2.20. The van der Waals surface area contributed by atoms with Crippen molar-refractivity contribution >= 4 is 11.9 Å². The summed E-state index contributed by atoms with van der Waals surface area (Å²) in [5, 5.41) is 31.2. The number of carbonyl (C=O) groups excluding carboxylic acids is 1. The Morgan fingerprint density at radius 3 is 2.95 bits per heavy atom. The Labute approximate surface area is 108 Å². The largest absolute Gasteiger partial charge is 0.457 e. The van der Waals surface area contributed by atoms with Gasteiger partial charge in [0.05, 0.1) is 0 Å². The molecule has 0 aromatic carbocycles. The number of aliphatic imine (C=N–C) groups is 1. The first-order valence-corrected chi connectivity index (χ1v) is 5.99. The third-order valence-electron chi connectivity index (χ3n) is 4.19. The molecule has 5 N–H and O–H groups in total. The minimum atomic E-state index is -1.73. The fourth-order valence-corrected chi connectivity index (χ4v) is 3.20. The van der Waals surface area contributed by atoms with Crippen molar-refractivity contribution in [3.8, 4) is 0 Å². The first-order chi connectivity index (χ1) is 8.90. The van der Waals surface area contributed by atoms with Crippen LogP contribution in [0.1, 0.15) is 13.3 Å². The first-order valence-electron chi connectivity index (χ1n) is 5.99. The fourth-order valence-electron chi connectivity index (χ4n) is 3.20. The van der Waals surface area contributed by atoms with E-state index in [2.05, 4.69) is 4.99 Å². The molecule has 0 aromatic rings. The zero-order valence-corrected chi connectivity index (χ0v) is 10.2. The molecule has 0 radical (unpaired) electrons. The maximum Gasteiger partial charge on any atom is 0.338 e. The van der Waals surface area contributed by atoms with Crippen molar-refractivity contribution in [2.45, 2.75) is 37.2 Å². The Morgan fingerprint density at radius 2 is 2.26 bits per heavy atom. The summed E-state index contributed by atoms with van der Waals surface area (Å²) in [6.45, 7) is 1.81. The molecule has 1 saturated heterocycles. The highest BCUT2D eigenvalue weighted by Gasteiger charge is 2.66.